The van der Waals surface area contributed by atoms with Gasteiger partial charge in [0.25, 0.3) is 0 Å². The first-order valence-electron chi connectivity index (χ1n) is 13.0. The number of fused-ring (bicyclic) bond motifs is 1. The molecular weight excluding hydrogens is 592 g/mol. The SMILES string of the molecule is O=C(O[C@@H]1Cc2c(cc(O)c([C@@H]3O[C@H](CO)[C@@H](O)[C@H](O)[C@H]3O)c2O)O[C@H]1c1cc(O)c(O)c(O)c1)c1cc(O)c(O)c(O)c1. The highest BCUT2D eigenvalue weighted by Gasteiger charge is 2.47. The van der Waals surface area contributed by atoms with Crippen LogP contribution in [-0.4, -0.2) is 104 Å². The first-order valence-corrected chi connectivity index (χ1v) is 13.0. The molecule has 0 aromatic heterocycles. The molecule has 0 radical (unpaired) electrons. The summed E-state index contributed by atoms with van der Waals surface area (Å²) in [5, 5.41) is 122. The molecule has 2 aliphatic heterocycles. The van der Waals surface area contributed by atoms with Crippen LogP contribution in [0.5, 0.6) is 51.7 Å². The first-order chi connectivity index (χ1) is 20.7. The normalized spacial score (nSPS) is 26.4. The van der Waals surface area contributed by atoms with Gasteiger partial charge in [-0.3, -0.25) is 0 Å². The minimum atomic E-state index is -1.88. The number of aliphatic hydroxyl groups is 4. The number of aliphatic hydroxyl groups excluding tert-OH is 4. The number of esters is 1. The number of benzene rings is 3. The van der Waals surface area contributed by atoms with Gasteiger partial charge in [0.1, 0.15) is 53.9 Å². The number of hydrogen-bond donors (Lipinski definition) is 12. The van der Waals surface area contributed by atoms with Gasteiger partial charge in [-0.1, -0.05) is 0 Å². The van der Waals surface area contributed by atoms with Gasteiger partial charge < -0.3 is 75.5 Å². The molecule has 0 amide bonds. The van der Waals surface area contributed by atoms with E-state index in [-0.39, 0.29) is 16.9 Å². The van der Waals surface area contributed by atoms with Gasteiger partial charge in [0.15, 0.2) is 40.6 Å². The number of carbonyl (C=O) groups is 1. The van der Waals surface area contributed by atoms with E-state index < -0.39 is 119 Å². The van der Waals surface area contributed by atoms with Gasteiger partial charge in [0, 0.05) is 23.6 Å². The Morgan fingerprint density at radius 2 is 1.30 bits per heavy atom. The van der Waals surface area contributed by atoms with E-state index in [0.717, 1.165) is 30.3 Å². The van der Waals surface area contributed by atoms with Crippen LogP contribution in [0, 0.1) is 0 Å². The molecule has 3 aromatic carbocycles. The van der Waals surface area contributed by atoms with Crippen LogP contribution in [0.1, 0.15) is 39.3 Å². The number of aromatic hydroxyl groups is 8. The van der Waals surface area contributed by atoms with Crippen LogP contribution in [0.15, 0.2) is 30.3 Å². The molecule has 5 rings (SSSR count). The summed E-state index contributed by atoms with van der Waals surface area (Å²) in [5.74, 6) is -7.77. The lowest BCUT2D eigenvalue weighted by Crippen LogP contribution is -2.55. The Balaban J connectivity index is 1.58. The van der Waals surface area contributed by atoms with E-state index in [1.54, 1.807) is 0 Å². The number of phenolic OH excluding ortho intramolecular Hbond substituents is 8. The van der Waals surface area contributed by atoms with Crippen molar-refractivity contribution in [1.82, 2.24) is 0 Å². The van der Waals surface area contributed by atoms with Crippen LogP contribution in [-0.2, 0) is 15.9 Å². The molecule has 1 fully saturated rings. The smallest absolute Gasteiger partial charge is 0.338 e. The fourth-order valence-electron chi connectivity index (χ4n) is 5.24. The van der Waals surface area contributed by atoms with Crippen LogP contribution in [0.25, 0.3) is 0 Å². The molecule has 1 saturated heterocycles. The number of phenols is 8. The maximum absolute atomic E-state index is 13.1. The van der Waals surface area contributed by atoms with Gasteiger partial charge in [0.2, 0.25) is 0 Å². The Labute approximate surface area is 246 Å². The summed E-state index contributed by atoms with van der Waals surface area (Å²) in [4.78, 5) is 13.1. The Kier molecular flexibility index (Phi) is 7.87. The Morgan fingerprint density at radius 3 is 1.86 bits per heavy atom. The summed E-state index contributed by atoms with van der Waals surface area (Å²) < 4.78 is 17.0. The molecule has 16 nitrogen and oxygen atoms in total. The zero-order valence-electron chi connectivity index (χ0n) is 22.3. The fraction of sp³-hybridized carbons (Fsp3) is 0.321. The average molecular weight is 621 g/mol. The van der Waals surface area contributed by atoms with E-state index in [0.29, 0.717) is 0 Å². The van der Waals surface area contributed by atoms with Crippen LogP contribution in [0.2, 0.25) is 0 Å². The van der Waals surface area contributed by atoms with Crippen molar-refractivity contribution in [1.29, 1.82) is 0 Å². The van der Waals surface area contributed by atoms with Crippen LogP contribution < -0.4 is 4.74 Å². The predicted octanol–water partition coefficient (Wildman–Crippen LogP) is -0.252. The Bertz CT molecular complexity index is 1560. The second-order valence-electron chi connectivity index (χ2n) is 10.3. The monoisotopic (exact) mass is 620 g/mol. The number of hydrogen-bond acceptors (Lipinski definition) is 16. The summed E-state index contributed by atoms with van der Waals surface area (Å²) in [5.41, 5.74) is -1.04. The second-order valence-corrected chi connectivity index (χ2v) is 10.3. The highest BCUT2D eigenvalue weighted by atomic mass is 16.6. The van der Waals surface area contributed by atoms with Crippen molar-refractivity contribution in [3.63, 3.8) is 0 Å². The molecular formula is C28H28O16. The molecule has 2 heterocycles. The maximum atomic E-state index is 13.1. The van der Waals surface area contributed by atoms with Gasteiger partial charge >= 0.3 is 5.97 Å². The van der Waals surface area contributed by atoms with Crippen molar-refractivity contribution in [2.75, 3.05) is 6.61 Å². The van der Waals surface area contributed by atoms with Crippen molar-refractivity contribution in [2.24, 2.45) is 0 Å². The standard InChI is InChI=1S/C28H28O16/c29-7-18-23(38)24(39)25(40)27(43-18)19-11(30)6-16-10(20(19)35)5-17(26(42-16)8-1-12(31)21(36)13(32)2-8)44-28(41)9-3-14(33)22(37)15(34)4-9/h1-4,6,17-18,23-27,29-40H,5,7H2/t17-,18-,23-,24+,25-,26+,27+/m1/s1. The number of ether oxygens (including phenoxy) is 3. The van der Waals surface area contributed by atoms with Crippen molar-refractivity contribution in [3.05, 3.63) is 52.6 Å². The third-order valence-electron chi connectivity index (χ3n) is 7.54. The predicted molar refractivity (Wildman–Crippen MR) is 142 cm³/mol. The lowest BCUT2D eigenvalue weighted by atomic mass is 9.87. The first kappa shape index (κ1) is 30.6. The minimum absolute atomic E-state index is 0.0466. The molecule has 0 unspecified atom stereocenters. The molecule has 3 aromatic rings. The van der Waals surface area contributed by atoms with E-state index in [2.05, 4.69) is 0 Å². The maximum Gasteiger partial charge on any atom is 0.338 e. The van der Waals surface area contributed by atoms with Crippen molar-refractivity contribution in [2.45, 2.75) is 49.1 Å². The molecule has 2 aliphatic rings. The van der Waals surface area contributed by atoms with E-state index in [1.165, 1.54) is 0 Å². The molecule has 0 bridgehead atoms. The molecule has 236 valence electrons. The highest BCUT2D eigenvalue weighted by molar-refractivity contribution is 5.91. The number of rotatable bonds is 5. The fourth-order valence-corrected chi connectivity index (χ4v) is 5.24. The van der Waals surface area contributed by atoms with E-state index in [4.69, 9.17) is 14.2 Å². The molecule has 7 atom stereocenters. The summed E-state index contributed by atoms with van der Waals surface area (Å²) in [6.45, 7) is -0.786. The van der Waals surface area contributed by atoms with Gasteiger partial charge in [0.05, 0.1) is 17.7 Å². The third kappa shape index (κ3) is 5.14. The van der Waals surface area contributed by atoms with Crippen LogP contribution in [0.3, 0.4) is 0 Å². The summed E-state index contributed by atoms with van der Waals surface area (Å²) >= 11 is 0. The zero-order valence-corrected chi connectivity index (χ0v) is 22.3. The van der Waals surface area contributed by atoms with Gasteiger partial charge in [-0.15, -0.1) is 0 Å². The Morgan fingerprint density at radius 1 is 0.727 bits per heavy atom. The van der Waals surface area contributed by atoms with Crippen molar-refractivity contribution in [3.8, 4) is 51.7 Å². The quantitative estimate of drug-likeness (QED) is 0.129. The third-order valence-corrected chi connectivity index (χ3v) is 7.54. The van der Waals surface area contributed by atoms with E-state index in [1.807, 2.05) is 0 Å². The topological polar surface area (TPSA) is 288 Å². The number of carbonyl (C=O) groups excluding carboxylic acids is 1. The largest absolute Gasteiger partial charge is 0.507 e. The summed E-state index contributed by atoms with van der Waals surface area (Å²) in [7, 11) is 0. The molecule has 0 spiro atoms. The molecule has 12 N–H and O–H groups in total. The highest BCUT2D eigenvalue weighted by Crippen LogP contribution is 2.51. The average Bonchev–Trinajstić information content (AvgIpc) is 2.98. The lowest BCUT2D eigenvalue weighted by molar-refractivity contribution is -0.232. The molecule has 0 aliphatic carbocycles. The van der Waals surface area contributed by atoms with Crippen LogP contribution in [0.4, 0.5) is 0 Å². The second kappa shape index (κ2) is 11.3. The van der Waals surface area contributed by atoms with Gasteiger partial charge in [-0.25, -0.2) is 4.79 Å². The van der Waals surface area contributed by atoms with E-state index in [9.17, 15) is 66.1 Å². The molecule has 44 heavy (non-hydrogen) atoms. The summed E-state index contributed by atoms with van der Waals surface area (Å²) in [6.07, 6.45) is -11.7. The molecule has 16 heteroatoms. The van der Waals surface area contributed by atoms with Crippen molar-refractivity contribution < 1.29 is 80.3 Å². The van der Waals surface area contributed by atoms with Gasteiger partial charge in [-0.05, 0) is 24.3 Å². The Hall–Kier alpha value is -4.87. The lowest BCUT2D eigenvalue weighted by Gasteiger charge is -2.41. The summed E-state index contributed by atoms with van der Waals surface area (Å²) in [6, 6.07) is 4.59. The molecule has 0 saturated carbocycles. The van der Waals surface area contributed by atoms with Crippen LogP contribution >= 0.6 is 0 Å². The van der Waals surface area contributed by atoms with E-state index >= 15 is 0 Å². The zero-order chi connectivity index (χ0) is 32.2. The minimum Gasteiger partial charge on any atom is -0.507 e. The van der Waals surface area contributed by atoms with Gasteiger partial charge in [-0.2, -0.15) is 0 Å². The van der Waals surface area contributed by atoms with Crippen molar-refractivity contribution >= 4 is 5.97 Å².